The molecule has 6 heteroatoms. The first-order valence-electron chi connectivity index (χ1n) is 7.53. The summed E-state index contributed by atoms with van der Waals surface area (Å²) in [5.41, 5.74) is 1.75. The van der Waals surface area contributed by atoms with Crippen LogP contribution in [0.15, 0.2) is 42.5 Å². The molecular formula is C18H21ClN2O3. The minimum absolute atomic E-state index is 0.210. The number of amides is 2. The van der Waals surface area contributed by atoms with Crippen LogP contribution in [0.1, 0.15) is 5.56 Å². The molecule has 0 aliphatic heterocycles. The molecule has 2 aromatic rings. The van der Waals surface area contributed by atoms with Crippen LogP contribution >= 0.6 is 11.6 Å². The molecule has 0 fully saturated rings. The van der Waals surface area contributed by atoms with Crippen molar-refractivity contribution in [3.8, 4) is 11.5 Å². The first-order valence-corrected chi connectivity index (χ1v) is 7.91. The number of rotatable bonds is 6. The van der Waals surface area contributed by atoms with Crippen LogP contribution in [0.25, 0.3) is 0 Å². The summed E-state index contributed by atoms with van der Waals surface area (Å²) in [6.07, 6.45) is 0.743. The smallest absolute Gasteiger partial charge is 0.321 e. The van der Waals surface area contributed by atoms with E-state index in [0.717, 1.165) is 17.7 Å². The summed E-state index contributed by atoms with van der Waals surface area (Å²) in [5.74, 6) is 1.41. The van der Waals surface area contributed by atoms with Crippen molar-refractivity contribution in [2.45, 2.75) is 6.42 Å². The van der Waals surface area contributed by atoms with E-state index in [1.807, 2.05) is 24.3 Å². The van der Waals surface area contributed by atoms with Crippen LogP contribution in [0, 0.1) is 0 Å². The van der Waals surface area contributed by atoms with Gasteiger partial charge in [0.05, 0.1) is 18.7 Å². The highest BCUT2D eigenvalue weighted by molar-refractivity contribution is 6.32. The van der Waals surface area contributed by atoms with E-state index in [1.165, 1.54) is 4.90 Å². The monoisotopic (exact) mass is 348 g/mol. The maximum atomic E-state index is 11.6. The largest absolute Gasteiger partial charge is 0.497 e. The van der Waals surface area contributed by atoms with E-state index in [0.29, 0.717) is 23.1 Å². The molecule has 2 amide bonds. The molecular weight excluding hydrogens is 328 g/mol. The van der Waals surface area contributed by atoms with Crippen LogP contribution < -0.4 is 14.8 Å². The van der Waals surface area contributed by atoms with Crippen LogP contribution in [0.5, 0.6) is 11.5 Å². The third-order valence-corrected chi connectivity index (χ3v) is 3.67. The molecule has 0 saturated carbocycles. The Morgan fingerprint density at radius 2 is 2.00 bits per heavy atom. The minimum Gasteiger partial charge on any atom is -0.497 e. The van der Waals surface area contributed by atoms with Crippen LogP contribution in [0.3, 0.4) is 0 Å². The zero-order valence-electron chi connectivity index (χ0n) is 14.0. The standard InChI is InChI=1S/C18H21ClN2O3/c1-21(2)18(22)20-14-7-8-17(16(19)12-14)24-10-9-13-5-4-6-15(11-13)23-3/h4-8,11-12H,9-10H2,1-3H3,(H,20,22). The number of hydrogen-bond acceptors (Lipinski definition) is 3. The number of nitrogens with one attached hydrogen (secondary N) is 1. The molecule has 0 aliphatic rings. The summed E-state index contributed by atoms with van der Waals surface area (Å²) >= 11 is 6.21. The minimum atomic E-state index is -0.210. The number of anilines is 1. The summed E-state index contributed by atoms with van der Waals surface area (Å²) in [4.78, 5) is 13.1. The number of ether oxygens (including phenoxy) is 2. The van der Waals surface area contributed by atoms with E-state index < -0.39 is 0 Å². The molecule has 0 bridgehead atoms. The van der Waals surface area contributed by atoms with Gasteiger partial charge in [-0.15, -0.1) is 0 Å². The third-order valence-electron chi connectivity index (χ3n) is 3.37. The summed E-state index contributed by atoms with van der Waals surface area (Å²) in [6, 6.07) is 12.8. The van der Waals surface area contributed by atoms with Crippen molar-refractivity contribution >= 4 is 23.3 Å². The predicted octanol–water partition coefficient (Wildman–Crippen LogP) is 4.06. The fraction of sp³-hybridized carbons (Fsp3) is 0.278. The fourth-order valence-corrected chi connectivity index (χ4v) is 2.27. The lowest BCUT2D eigenvalue weighted by atomic mass is 10.1. The number of carbonyl (C=O) groups is 1. The van der Waals surface area contributed by atoms with E-state index in [9.17, 15) is 4.79 Å². The maximum Gasteiger partial charge on any atom is 0.321 e. The van der Waals surface area contributed by atoms with Gasteiger partial charge in [0.2, 0.25) is 0 Å². The van der Waals surface area contributed by atoms with Crippen LogP contribution in [-0.4, -0.2) is 38.7 Å². The van der Waals surface area contributed by atoms with Gasteiger partial charge >= 0.3 is 6.03 Å². The third kappa shape index (κ3) is 5.06. The van der Waals surface area contributed by atoms with Gasteiger partial charge in [-0.05, 0) is 35.9 Å². The van der Waals surface area contributed by atoms with Gasteiger partial charge in [0.15, 0.2) is 0 Å². The van der Waals surface area contributed by atoms with Gasteiger partial charge in [0.1, 0.15) is 11.5 Å². The molecule has 5 nitrogen and oxygen atoms in total. The second-order valence-corrected chi connectivity index (χ2v) is 5.83. The molecule has 0 atom stereocenters. The summed E-state index contributed by atoms with van der Waals surface area (Å²) in [5, 5.41) is 3.19. The van der Waals surface area contributed by atoms with E-state index in [-0.39, 0.29) is 6.03 Å². The highest BCUT2D eigenvalue weighted by atomic mass is 35.5. The molecule has 24 heavy (non-hydrogen) atoms. The summed E-state index contributed by atoms with van der Waals surface area (Å²) < 4.78 is 10.9. The lowest BCUT2D eigenvalue weighted by Crippen LogP contribution is -2.27. The highest BCUT2D eigenvalue weighted by Gasteiger charge is 2.07. The van der Waals surface area contributed by atoms with Gasteiger partial charge in [-0.1, -0.05) is 23.7 Å². The van der Waals surface area contributed by atoms with Crippen molar-refractivity contribution in [1.82, 2.24) is 4.90 Å². The normalized spacial score (nSPS) is 10.2. The Kier molecular flexibility index (Phi) is 6.32. The topological polar surface area (TPSA) is 50.8 Å². The van der Waals surface area contributed by atoms with Gasteiger partial charge in [-0.3, -0.25) is 0 Å². The zero-order chi connectivity index (χ0) is 17.5. The number of nitrogens with zero attached hydrogens (tertiary/aromatic N) is 1. The Morgan fingerprint density at radius 1 is 1.21 bits per heavy atom. The molecule has 1 N–H and O–H groups in total. The van der Waals surface area contributed by atoms with Crippen molar-refractivity contribution in [3.05, 3.63) is 53.1 Å². The van der Waals surface area contributed by atoms with E-state index in [1.54, 1.807) is 39.4 Å². The van der Waals surface area contributed by atoms with E-state index in [2.05, 4.69) is 5.32 Å². The molecule has 0 radical (unpaired) electrons. The number of halogens is 1. The lowest BCUT2D eigenvalue weighted by molar-refractivity contribution is 0.230. The molecule has 0 saturated heterocycles. The lowest BCUT2D eigenvalue weighted by Gasteiger charge is -2.13. The zero-order valence-corrected chi connectivity index (χ0v) is 14.8. The highest BCUT2D eigenvalue weighted by Crippen LogP contribution is 2.28. The second-order valence-electron chi connectivity index (χ2n) is 5.42. The van der Waals surface area contributed by atoms with Crippen molar-refractivity contribution in [3.63, 3.8) is 0 Å². The molecule has 2 aromatic carbocycles. The molecule has 2 rings (SSSR count). The summed E-state index contributed by atoms with van der Waals surface area (Å²) in [6.45, 7) is 0.496. The van der Waals surface area contributed by atoms with E-state index in [4.69, 9.17) is 21.1 Å². The molecule has 0 aliphatic carbocycles. The number of benzene rings is 2. The molecule has 128 valence electrons. The molecule has 0 heterocycles. The van der Waals surface area contributed by atoms with Gasteiger partial charge < -0.3 is 19.7 Å². The Hall–Kier alpha value is -2.40. The van der Waals surface area contributed by atoms with Crippen molar-refractivity contribution in [2.75, 3.05) is 33.1 Å². The van der Waals surface area contributed by atoms with Gasteiger partial charge in [0, 0.05) is 26.2 Å². The maximum absolute atomic E-state index is 11.6. The quantitative estimate of drug-likeness (QED) is 0.856. The SMILES string of the molecule is COc1cccc(CCOc2ccc(NC(=O)N(C)C)cc2Cl)c1. The Bertz CT molecular complexity index is 704. The van der Waals surface area contributed by atoms with Crippen LogP contribution in [0.4, 0.5) is 10.5 Å². The first-order chi connectivity index (χ1) is 11.5. The van der Waals surface area contributed by atoms with Crippen LogP contribution in [0.2, 0.25) is 5.02 Å². The van der Waals surface area contributed by atoms with Crippen LogP contribution in [-0.2, 0) is 6.42 Å². The molecule has 0 aromatic heterocycles. The number of carbonyl (C=O) groups excluding carboxylic acids is 1. The number of urea groups is 1. The molecule has 0 spiro atoms. The predicted molar refractivity (Wildman–Crippen MR) is 96.4 cm³/mol. The number of methoxy groups -OCH3 is 1. The first kappa shape index (κ1) is 17.9. The summed E-state index contributed by atoms with van der Waals surface area (Å²) in [7, 11) is 4.99. The van der Waals surface area contributed by atoms with Crippen molar-refractivity contribution in [2.24, 2.45) is 0 Å². The van der Waals surface area contributed by atoms with Crippen molar-refractivity contribution in [1.29, 1.82) is 0 Å². The Morgan fingerprint density at radius 3 is 2.67 bits per heavy atom. The Labute approximate surface area is 147 Å². The second kappa shape index (κ2) is 8.45. The average Bonchev–Trinajstić information content (AvgIpc) is 2.57. The number of hydrogen-bond donors (Lipinski definition) is 1. The fourth-order valence-electron chi connectivity index (χ4n) is 2.04. The Balaban J connectivity index is 1.92. The molecule has 0 unspecified atom stereocenters. The van der Waals surface area contributed by atoms with Gasteiger partial charge in [0.25, 0.3) is 0 Å². The average molecular weight is 349 g/mol. The van der Waals surface area contributed by atoms with Crippen molar-refractivity contribution < 1.29 is 14.3 Å². The van der Waals surface area contributed by atoms with E-state index >= 15 is 0 Å². The van der Waals surface area contributed by atoms with Gasteiger partial charge in [-0.25, -0.2) is 4.79 Å². The van der Waals surface area contributed by atoms with Gasteiger partial charge in [-0.2, -0.15) is 0 Å².